The van der Waals surface area contributed by atoms with Gasteiger partial charge in [0.15, 0.2) is 0 Å². The summed E-state index contributed by atoms with van der Waals surface area (Å²) in [7, 11) is 0. The van der Waals surface area contributed by atoms with Crippen LogP contribution in [0.2, 0.25) is 0 Å². The van der Waals surface area contributed by atoms with E-state index in [-0.39, 0.29) is 31.5 Å². The van der Waals surface area contributed by atoms with Crippen LogP contribution in [-0.4, -0.2) is 47.0 Å². The maximum Gasteiger partial charge on any atom is 0.309 e. The van der Waals surface area contributed by atoms with Gasteiger partial charge in [-0.2, -0.15) is 0 Å². The van der Waals surface area contributed by atoms with Gasteiger partial charge in [-0.15, -0.1) is 0 Å². The predicted molar refractivity (Wildman–Crippen MR) is 131 cm³/mol. The Kier molecular flexibility index (Phi) is 13.0. The Morgan fingerprint density at radius 2 is 1.06 bits per heavy atom. The Morgan fingerprint density at radius 1 is 0.647 bits per heavy atom. The average Bonchev–Trinajstić information content (AvgIpc) is 2.60. The summed E-state index contributed by atoms with van der Waals surface area (Å²) in [4.78, 5) is 50.6. The summed E-state index contributed by atoms with van der Waals surface area (Å²) in [5.41, 5.74) is 3.53. The first kappa shape index (κ1) is 32.0. The van der Waals surface area contributed by atoms with Crippen molar-refractivity contribution in [2.45, 2.75) is 124 Å². The van der Waals surface area contributed by atoms with Crippen molar-refractivity contribution < 1.29 is 33.4 Å². The van der Waals surface area contributed by atoms with E-state index in [1.807, 2.05) is 0 Å². The zero-order valence-corrected chi connectivity index (χ0v) is 22.7. The number of hydrogen-bond acceptors (Lipinski definition) is 8. The second kappa shape index (κ2) is 13.8. The third-order valence-corrected chi connectivity index (χ3v) is 4.55. The predicted octanol–water partition coefficient (Wildman–Crippen LogP) is 4.50. The molecule has 0 heterocycles. The monoisotopic (exact) mass is 485 g/mol. The molecule has 0 fully saturated rings. The van der Waals surface area contributed by atoms with E-state index in [1.165, 1.54) is 0 Å². The molecule has 0 aliphatic heterocycles. The molecule has 0 aliphatic rings. The summed E-state index contributed by atoms with van der Waals surface area (Å²) in [6, 6.07) is 0. The zero-order chi connectivity index (χ0) is 26.7. The van der Waals surface area contributed by atoms with Crippen molar-refractivity contribution in [2.75, 3.05) is 6.54 Å². The van der Waals surface area contributed by atoms with E-state index in [1.54, 1.807) is 62.3 Å². The molecule has 0 amide bonds. The largest absolute Gasteiger partial charge is 0.460 e. The molecule has 0 bridgehead atoms. The summed E-state index contributed by atoms with van der Waals surface area (Å²) in [6.07, 6.45) is 1.87. The van der Waals surface area contributed by atoms with Gasteiger partial charge < -0.3 is 19.9 Å². The highest BCUT2D eigenvalue weighted by molar-refractivity contribution is 5.88. The van der Waals surface area contributed by atoms with E-state index in [0.717, 1.165) is 6.42 Å². The number of ether oxygens (including phenoxy) is 3. The second-order valence-corrected chi connectivity index (χ2v) is 11.8. The molecule has 8 nitrogen and oxygen atoms in total. The lowest BCUT2D eigenvalue weighted by Gasteiger charge is -2.25. The summed E-state index contributed by atoms with van der Waals surface area (Å²) in [5.74, 6) is -3.07. The Balaban J connectivity index is 5.37. The van der Waals surface area contributed by atoms with E-state index >= 15 is 0 Å². The summed E-state index contributed by atoms with van der Waals surface area (Å²) in [6.45, 7) is 16.4. The molecule has 8 heteroatoms. The average molecular weight is 486 g/mol. The maximum absolute atomic E-state index is 13.0. The van der Waals surface area contributed by atoms with Crippen LogP contribution in [0.1, 0.15) is 107 Å². The first-order valence-electron chi connectivity index (χ1n) is 12.2. The molecular formula is C26H47NO7. The number of carbonyl (C=O) groups excluding carboxylic acids is 4. The molecule has 0 rings (SSSR count). The Bertz CT molecular complexity index is 681. The van der Waals surface area contributed by atoms with Gasteiger partial charge in [-0.1, -0.05) is 6.42 Å². The van der Waals surface area contributed by atoms with Crippen molar-refractivity contribution in [1.82, 2.24) is 0 Å². The van der Waals surface area contributed by atoms with Crippen LogP contribution in [0.3, 0.4) is 0 Å². The standard InChI is InChI=1S/C26H47NO7/c1-24(2,3)32-21(29)14-13-19(23(31)34-26(7,8)9)17-20(28)16-18(12-10-11-15-27)22(30)33-25(4,5)6/h18-19H,10-17,27H2,1-9H3. The fourth-order valence-electron chi connectivity index (χ4n) is 3.23. The van der Waals surface area contributed by atoms with Gasteiger partial charge in [-0.05, 0) is 88.1 Å². The van der Waals surface area contributed by atoms with Gasteiger partial charge in [-0.3, -0.25) is 19.2 Å². The molecule has 0 aromatic heterocycles. The van der Waals surface area contributed by atoms with E-state index in [9.17, 15) is 19.2 Å². The quantitative estimate of drug-likeness (QED) is 0.230. The lowest BCUT2D eigenvalue weighted by Crippen LogP contribution is -2.32. The number of hydrogen-bond donors (Lipinski definition) is 1. The first-order valence-corrected chi connectivity index (χ1v) is 12.2. The number of carbonyl (C=O) groups is 4. The minimum atomic E-state index is -0.803. The molecule has 0 saturated heterocycles. The lowest BCUT2D eigenvalue weighted by atomic mass is 9.90. The maximum atomic E-state index is 13.0. The van der Waals surface area contributed by atoms with Crippen LogP contribution in [0.15, 0.2) is 0 Å². The van der Waals surface area contributed by atoms with Crippen molar-refractivity contribution in [2.24, 2.45) is 17.6 Å². The minimum absolute atomic E-state index is 0.0134. The highest BCUT2D eigenvalue weighted by Crippen LogP contribution is 2.24. The number of Topliss-reactive ketones (excluding diaryl/α,β-unsaturated/α-hetero) is 1. The zero-order valence-electron chi connectivity index (χ0n) is 22.7. The highest BCUT2D eigenvalue weighted by atomic mass is 16.6. The highest BCUT2D eigenvalue weighted by Gasteiger charge is 2.32. The molecule has 2 unspecified atom stereocenters. The van der Waals surface area contributed by atoms with Crippen LogP contribution in [0, 0.1) is 11.8 Å². The van der Waals surface area contributed by atoms with Crippen LogP contribution in [0.4, 0.5) is 0 Å². The van der Waals surface area contributed by atoms with Crippen LogP contribution in [0.5, 0.6) is 0 Å². The number of ketones is 1. The summed E-state index contributed by atoms with van der Waals surface area (Å²) < 4.78 is 16.3. The van der Waals surface area contributed by atoms with Gasteiger partial charge in [0.25, 0.3) is 0 Å². The SMILES string of the molecule is CC(C)(C)OC(=O)CCC(CC(=O)CC(CCCCN)C(=O)OC(C)(C)C)C(=O)OC(C)(C)C. The molecular weight excluding hydrogens is 438 g/mol. The lowest BCUT2D eigenvalue weighted by molar-refractivity contribution is -0.162. The van der Waals surface area contributed by atoms with Crippen molar-refractivity contribution in [3.63, 3.8) is 0 Å². The molecule has 0 radical (unpaired) electrons. The number of unbranched alkanes of at least 4 members (excludes halogenated alkanes) is 1. The Hall–Kier alpha value is -1.96. The van der Waals surface area contributed by atoms with E-state index < -0.39 is 46.5 Å². The Labute approximate surface area is 205 Å². The van der Waals surface area contributed by atoms with Crippen molar-refractivity contribution in [3.05, 3.63) is 0 Å². The van der Waals surface area contributed by atoms with Gasteiger partial charge in [0.2, 0.25) is 0 Å². The normalized spacial score (nSPS) is 14.2. The van der Waals surface area contributed by atoms with Crippen molar-refractivity contribution in [3.8, 4) is 0 Å². The summed E-state index contributed by atoms with van der Waals surface area (Å²) >= 11 is 0. The minimum Gasteiger partial charge on any atom is -0.460 e. The fourth-order valence-corrected chi connectivity index (χ4v) is 3.23. The second-order valence-electron chi connectivity index (χ2n) is 11.8. The van der Waals surface area contributed by atoms with E-state index in [2.05, 4.69) is 0 Å². The van der Waals surface area contributed by atoms with Gasteiger partial charge in [-0.25, -0.2) is 0 Å². The van der Waals surface area contributed by atoms with Gasteiger partial charge in [0.05, 0.1) is 11.8 Å². The van der Waals surface area contributed by atoms with E-state index in [4.69, 9.17) is 19.9 Å². The van der Waals surface area contributed by atoms with Gasteiger partial charge in [0.1, 0.15) is 22.6 Å². The molecule has 34 heavy (non-hydrogen) atoms. The molecule has 2 N–H and O–H groups in total. The Morgan fingerprint density at radius 3 is 1.44 bits per heavy atom. The molecule has 0 spiro atoms. The number of esters is 3. The topological polar surface area (TPSA) is 122 Å². The molecule has 2 atom stereocenters. The summed E-state index contributed by atoms with van der Waals surface area (Å²) in [5, 5.41) is 0. The third kappa shape index (κ3) is 16.6. The third-order valence-electron chi connectivity index (χ3n) is 4.55. The van der Waals surface area contributed by atoms with Crippen molar-refractivity contribution in [1.29, 1.82) is 0 Å². The smallest absolute Gasteiger partial charge is 0.309 e. The number of rotatable bonds is 13. The fraction of sp³-hybridized carbons (Fsp3) is 0.846. The molecule has 0 aromatic rings. The van der Waals surface area contributed by atoms with Crippen LogP contribution in [-0.2, 0) is 33.4 Å². The first-order chi connectivity index (χ1) is 15.3. The van der Waals surface area contributed by atoms with Crippen LogP contribution in [0.25, 0.3) is 0 Å². The molecule has 198 valence electrons. The van der Waals surface area contributed by atoms with E-state index in [0.29, 0.717) is 19.4 Å². The number of nitrogens with two attached hydrogens (primary N) is 1. The van der Waals surface area contributed by atoms with Crippen LogP contribution < -0.4 is 5.73 Å². The molecule has 0 aliphatic carbocycles. The molecule has 0 saturated carbocycles. The van der Waals surface area contributed by atoms with Gasteiger partial charge in [0, 0.05) is 19.3 Å². The molecule has 0 aromatic carbocycles. The van der Waals surface area contributed by atoms with Crippen LogP contribution >= 0.6 is 0 Å². The van der Waals surface area contributed by atoms with Gasteiger partial charge >= 0.3 is 17.9 Å². The van der Waals surface area contributed by atoms with Crippen molar-refractivity contribution >= 4 is 23.7 Å².